The normalized spacial score (nSPS) is 9.50. The van der Waals surface area contributed by atoms with Gasteiger partial charge >= 0.3 is 0 Å². The molecule has 0 unspecified atom stereocenters. The number of thioether (sulfide) groups is 1. The molecule has 0 radical (unpaired) electrons. The van der Waals surface area contributed by atoms with Crippen molar-refractivity contribution in [3.8, 4) is 17.6 Å². The highest BCUT2D eigenvalue weighted by molar-refractivity contribution is 8.13. The second-order valence-corrected chi connectivity index (χ2v) is 4.77. The third kappa shape index (κ3) is 5.74. The molecular weight excluding hydrogens is 251 g/mol. The predicted molar refractivity (Wildman–Crippen MR) is 72.2 cm³/mol. The number of halogens is 1. The summed E-state index contributed by atoms with van der Waals surface area (Å²) in [5.41, 5.74) is 0.589. The molecule has 0 aliphatic rings. The quantitative estimate of drug-likeness (QED) is 0.618. The van der Waals surface area contributed by atoms with E-state index in [9.17, 15) is 9.18 Å². The summed E-state index contributed by atoms with van der Waals surface area (Å²) >= 11 is 1.24. The fourth-order valence-corrected chi connectivity index (χ4v) is 1.79. The Morgan fingerprint density at radius 1 is 1.44 bits per heavy atom. The first-order chi connectivity index (χ1) is 8.61. The first kappa shape index (κ1) is 14.6. The molecule has 0 aliphatic carbocycles. The Hall–Kier alpha value is -1.47. The van der Waals surface area contributed by atoms with Crippen LogP contribution in [0.25, 0.3) is 0 Å². The van der Waals surface area contributed by atoms with Crippen LogP contribution in [0.1, 0.15) is 25.8 Å². The Kier molecular flexibility index (Phi) is 6.31. The van der Waals surface area contributed by atoms with E-state index in [4.69, 9.17) is 4.74 Å². The standard InChI is InChI=1S/C14H15FO2S/c1-3-17-14-9-12(8-13(15)10-14)6-4-5-7-18-11(2)16/h8-10H,3,5,7H2,1-2H3. The Morgan fingerprint density at radius 3 is 2.89 bits per heavy atom. The number of hydrogen-bond donors (Lipinski definition) is 0. The molecule has 0 fully saturated rings. The van der Waals surface area contributed by atoms with E-state index in [0.29, 0.717) is 30.1 Å². The molecule has 0 saturated heterocycles. The van der Waals surface area contributed by atoms with Crippen molar-refractivity contribution in [3.63, 3.8) is 0 Å². The molecular formula is C14H15FO2S. The molecule has 1 aromatic rings. The highest BCUT2D eigenvalue weighted by Crippen LogP contribution is 2.15. The van der Waals surface area contributed by atoms with Gasteiger partial charge in [-0.2, -0.15) is 0 Å². The van der Waals surface area contributed by atoms with Crippen molar-refractivity contribution in [1.29, 1.82) is 0 Å². The number of hydrogen-bond acceptors (Lipinski definition) is 3. The lowest BCUT2D eigenvalue weighted by Gasteiger charge is -2.03. The summed E-state index contributed by atoms with van der Waals surface area (Å²) in [4.78, 5) is 10.7. The third-order valence-corrected chi connectivity index (χ3v) is 2.76. The summed E-state index contributed by atoms with van der Waals surface area (Å²) < 4.78 is 18.5. The van der Waals surface area contributed by atoms with Crippen molar-refractivity contribution < 1.29 is 13.9 Å². The van der Waals surface area contributed by atoms with Crippen molar-refractivity contribution in [1.82, 2.24) is 0 Å². The molecule has 4 heteroatoms. The molecule has 0 aromatic heterocycles. The van der Waals surface area contributed by atoms with Crippen LogP contribution in [-0.2, 0) is 4.79 Å². The number of carbonyl (C=O) groups is 1. The lowest BCUT2D eigenvalue weighted by atomic mass is 10.2. The lowest BCUT2D eigenvalue weighted by Crippen LogP contribution is -1.93. The van der Waals surface area contributed by atoms with Crippen LogP contribution in [0, 0.1) is 17.7 Å². The Labute approximate surface area is 111 Å². The fourth-order valence-electron chi connectivity index (χ4n) is 1.30. The molecule has 0 N–H and O–H groups in total. The summed E-state index contributed by atoms with van der Waals surface area (Å²) in [6.45, 7) is 3.86. The van der Waals surface area contributed by atoms with E-state index < -0.39 is 0 Å². The average molecular weight is 266 g/mol. The Bertz CT molecular complexity index is 474. The molecule has 0 saturated carbocycles. The fraction of sp³-hybridized carbons (Fsp3) is 0.357. The van der Waals surface area contributed by atoms with E-state index in [1.165, 1.54) is 30.8 Å². The van der Waals surface area contributed by atoms with Crippen molar-refractivity contribution in [2.75, 3.05) is 12.4 Å². The van der Waals surface area contributed by atoms with Gasteiger partial charge in [-0.1, -0.05) is 23.6 Å². The molecule has 1 rings (SSSR count). The lowest BCUT2D eigenvalue weighted by molar-refractivity contribution is -0.109. The van der Waals surface area contributed by atoms with Crippen molar-refractivity contribution in [2.45, 2.75) is 20.3 Å². The molecule has 18 heavy (non-hydrogen) atoms. The SMILES string of the molecule is CCOc1cc(F)cc(C#CCCSC(C)=O)c1. The number of carbonyl (C=O) groups excluding carboxylic acids is 1. The zero-order valence-corrected chi connectivity index (χ0v) is 11.3. The minimum Gasteiger partial charge on any atom is -0.494 e. The second-order valence-electron chi connectivity index (χ2n) is 3.50. The first-order valence-corrected chi connectivity index (χ1v) is 6.66. The number of ether oxygens (including phenoxy) is 1. The molecule has 0 amide bonds. The maximum Gasteiger partial charge on any atom is 0.185 e. The monoisotopic (exact) mass is 266 g/mol. The van der Waals surface area contributed by atoms with Crippen LogP contribution in [0.3, 0.4) is 0 Å². The molecule has 0 aliphatic heterocycles. The van der Waals surface area contributed by atoms with Crippen LogP contribution in [0.4, 0.5) is 4.39 Å². The van der Waals surface area contributed by atoms with E-state index in [1.807, 2.05) is 6.92 Å². The van der Waals surface area contributed by atoms with Crippen LogP contribution in [0.5, 0.6) is 5.75 Å². The predicted octanol–water partition coefficient (Wildman–Crippen LogP) is 3.25. The van der Waals surface area contributed by atoms with Gasteiger partial charge in [0.05, 0.1) is 6.61 Å². The van der Waals surface area contributed by atoms with Crippen LogP contribution in [0.2, 0.25) is 0 Å². The van der Waals surface area contributed by atoms with Crippen molar-refractivity contribution in [2.24, 2.45) is 0 Å². The van der Waals surface area contributed by atoms with E-state index in [-0.39, 0.29) is 10.9 Å². The number of rotatable bonds is 4. The summed E-state index contributed by atoms with van der Waals surface area (Å²) in [6, 6.07) is 4.41. The first-order valence-electron chi connectivity index (χ1n) is 5.67. The topological polar surface area (TPSA) is 26.3 Å². The van der Waals surface area contributed by atoms with E-state index in [2.05, 4.69) is 11.8 Å². The molecule has 0 heterocycles. The minimum absolute atomic E-state index is 0.0844. The smallest absolute Gasteiger partial charge is 0.185 e. The largest absolute Gasteiger partial charge is 0.494 e. The third-order valence-electron chi connectivity index (χ3n) is 1.95. The molecule has 0 bridgehead atoms. The minimum atomic E-state index is -0.358. The van der Waals surface area contributed by atoms with Gasteiger partial charge in [0.2, 0.25) is 0 Å². The zero-order valence-electron chi connectivity index (χ0n) is 10.5. The van der Waals surface area contributed by atoms with Gasteiger partial charge in [-0.25, -0.2) is 4.39 Å². The van der Waals surface area contributed by atoms with Crippen LogP contribution < -0.4 is 4.74 Å². The summed E-state index contributed by atoms with van der Waals surface area (Å²) in [6.07, 6.45) is 0.602. The second kappa shape index (κ2) is 7.78. The molecule has 1 aromatic carbocycles. The van der Waals surface area contributed by atoms with Crippen molar-refractivity contribution >= 4 is 16.9 Å². The molecule has 2 nitrogen and oxygen atoms in total. The van der Waals surface area contributed by atoms with Gasteiger partial charge in [0.1, 0.15) is 11.6 Å². The van der Waals surface area contributed by atoms with Gasteiger partial charge in [-0.3, -0.25) is 4.79 Å². The highest BCUT2D eigenvalue weighted by Gasteiger charge is 1.99. The van der Waals surface area contributed by atoms with E-state index in [1.54, 1.807) is 6.07 Å². The molecule has 0 atom stereocenters. The van der Waals surface area contributed by atoms with Gasteiger partial charge in [0.15, 0.2) is 5.12 Å². The van der Waals surface area contributed by atoms with Crippen LogP contribution >= 0.6 is 11.8 Å². The van der Waals surface area contributed by atoms with E-state index in [0.717, 1.165) is 0 Å². The number of benzene rings is 1. The molecule has 96 valence electrons. The van der Waals surface area contributed by atoms with Gasteiger partial charge in [-0.05, 0) is 19.1 Å². The summed E-state index contributed by atoms with van der Waals surface area (Å²) in [5.74, 6) is 6.56. The van der Waals surface area contributed by atoms with Crippen LogP contribution in [-0.4, -0.2) is 17.5 Å². The highest BCUT2D eigenvalue weighted by atomic mass is 32.2. The molecule has 0 spiro atoms. The summed E-state index contributed by atoms with van der Waals surface area (Å²) in [5, 5.41) is 0.0844. The summed E-state index contributed by atoms with van der Waals surface area (Å²) in [7, 11) is 0. The zero-order chi connectivity index (χ0) is 13.4. The average Bonchev–Trinajstić information content (AvgIpc) is 2.28. The maximum atomic E-state index is 13.2. The maximum absolute atomic E-state index is 13.2. The van der Waals surface area contributed by atoms with Crippen molar-refractivity contribution in [3.05, 3.63) is 29.6 Å². The Balaban J connectivity index is 2.60. The van der Waals surface area contributed by atoms with Gasteiger partial charge in [0.25, 0.3) is 0 Å². The Morgan fingerprint density at radius 2 is 2.22 bits per heavy atom. The van der Waals surface area contributed by atoms with E-state index >= 15 is 0 Å². The van der Waals surface area contributed by atoms with Crippen LogP contribution in [0.15, 0.2) is 18.2 Å². The van der Waals surface area contributed by atoms with Gasteiger partial charge < -0.3 is 4.74 Å². The van der Waals surface area contributed by atoms with Gasteiger partial charge in [-0.15, -0.1) is 0 Å². The van der Waals surface area contributed by atoms with Gasteiger partial charge in [0, 0.05) is 30.7 Å².